The minimum atomic E-state index is 1.15. The smallest absolute Gasteiger partial charge is 0.0493 e. The first-order valence-electron chi connectivity index (χ1n) is 19.3. The van der Waals surface area contributed by atoms with Crippen molar-refractivity contribution >= 4 is 49.4 Å². The maximum absolute atomic E-state index is 2.47. The van der Waals surface area contributed by atoms with E-state index < -0.39 is 0 Å². The van der Waals surface area contributed by atoms with Crippen molar-refractivity contribution in [1.82, 2.24) is 0 Å². The van der Waals surface area contributed by atoms with Crippen molar-refractivity contribution in [1.29, 1.82) is 0 Å². The summed E-state index contributed by atoms with van der Waals surface area (Å²) in [7, 11) is 0. The average molecular weight is 692 g/mol. The van der Waals surface area contributed by atoms with Gasteiger partial charge in [-0.25, -0.2) is 0 Å². The lowest BCUT2D eigenvalue weighted by Crippen LogP contribution is -2.13. The zero-order chi connectivity index (χ0) is 36.0. The molecule has 1 aliphatic rings. The van der Waals surface area contributed by atoms with Gasteiger partial charge in [0.05, 0.1) is 0 Å². The van der Waals surface area contributed by atoms with Crippen LogP contribution in [0.5, 0.6) is 0 Å². The summed E-state index contributed by atoms with van der Waals surface area (Å²) < 4.78 is 0. The van der Waals surface area contributed by atoms with E-state index in [2.05, 4.69) is 194 Å². The van der Waals surface area contributed by atoms with Crippen molar-refractivity contribution in [3.8, 4) is 33.4 Å². The van der Waals surface area contributed by atoms with E-state index in [-0.39, 0.29) is 0 Å². The molecule has 0 spiro atoms. The molecule has 0 atom stereocenters. The van der Waals surface area contributed by atoms with Gasteiger partial charge >= 0.3 is 0 Å². The first kappa shape index (κ1) is 32.2. The Balaban J connectivity index is 1.07. The molecule has 9 aromatic rings. The molecule has 0 unspecified atom stereocenters. The Morgan fingerprint density at radius 1 is 0.352 bits per heavy atom. The summed E-state index contributed by atoms with van der Waals surface area (Å²) >= 11 is 0. The molecule has 1 heteroatoms. The maximum Gasteiger partial charge on any atom is 0.0493 e. The second kappa shape index (κ2) is 13.5. The van der Waals surface area contributed by atoms with Gasteiger partial charge in [0.15, 0.2) is 0 Å². The van der Waals surface area contributed by atoms with Crippen molar-refractivity contribution in [2.45, 2.75) is 32.6 Å². The largest absolute Gasteiger partial charge is 0.310 e. The zero-order valence-electron chi connectivity index (χ0n) is 30.6. The van der Waals surface area contributed by atoms with Gasteiger partial charge in [-0.1, -0.05) is 146 Å². The molecule has 0 N–H and O–H groups in total. The van der Waals surface area contributed by atoms with Crippen molar-refractivity contribution < 1.29 is 0 Å². The first-order valence-corrected chi connectivity index (χ1v) is 19.3. The highest BCUT2D eigenvalue weighted by molar-refractivity contribution is 6.25. The van der Waals surface area contributed by atoms with Gasteiger partial charge in [-0.15, -0.1) is 0 Å². The molecule has 9 aromatic carbocycles. The average Bonchev–Trinajstić information content (AvgIpc) is 3.25. The number of rotatable bonds is 6. The van der Waals surface area contributed by atoms with Gasteiger partial charge in [0.25, 0.3) is 0 Å². The van der Waals surface area contributed by atoms with Crippen LogP contribution < -0.4 is 4.90 Å². The lowest BCUT2D eigenvalue weighted by atomic mass is 9.89. The summed E-state index contributed by atoms with van der Waals surface area (Å²) in [6, 6.07) is 67.3. The second-order valence-corrected chi connectivity index (χ2v) is 14.8. The fourth-order valence-corrected chi connectivity index (χ4v) is 8.85. The van der Waals surface area contributed by atoms with E-state index in [0.717, 1.165) is 17.8 Å². The predicted octanol–water partition coefficient (Wildman–Crippen LogP) is 14.8. The van der Waals surface area contributed by atoms with Crippen molar-refractivity contribution in [3.63, 3.8) is 0 Å². The third-order valence-electron chi connectivity index (χ3n) is 11.6. The summed E-state index contributed by atoms with van der Waals surface area (Å²) in [6.45, 7) is 2.28. The molecule has 258 valence electrons. The van der Waals surface area contributed by atoms with E-state index in [1.807, 2.05) is 0 Å². The Labute approximate surface area is 317 Å². The molecule has 10 rings (SSSR count). The third kappa shape index (κ3) is 5.65. The van der Waals surface area contributed by atoms with Crippen LogP contribution in [-0.4, -0.2) is 0 Å². The molecule has 0 saturated heterocycles. The fraction of sp³-hybridized carbons (Fsp3) is 0.0943. The minimum Gasteiger partial charge on any atom is -0.310 e. The summed E-state index contributed by atoms with van der Waals surface area (Å²) in [5.74, 6) is 0. The van der Waals surface area contributed by atoms with E-state index in [4.69, 9.17) is 0 Å². The van der Waals surface area contributed by atoms with Crippen LogP contribution in [0.2, 0.25) is 0 Å². The van der Waals surface area contributed by atoms with Crippen LogP contribution in [0.15, 0.2) is 182 Å². The van der Waals surface area contributed by atoms with Gasteiger partial charge in [0.1, 0.15) is 0 Å². The Morgan fingerprint density at radius 3 is 1.39 bits per heavy atom. The Morgan fingerprint density at radius 2 is 0.796 bits per heavy atom. The number of anilines is 3. The van der Waals surface area contributed by atoms with Crippen LogP contribution in [-0.2, 0) is 12.8 Å². The van der Waals surface area contributed by atoms with Gasteiger partial charge < -0.3 is 4.90 Å². The molecule has 1 aliphatic carbocycles. The maximum atomic E-state index is 2.47. The highest BCUT2D eigenvalue weighted by Gasteiger charge is 2.20. The van der Waals surface area contributed by atoms with Crippen LogP contribution in [0.1, 0.15) is 29.5 Å². The fourth-order valence-electron chi connectivity index (χ4n) is 8.85. The molecule has 0 amide bonds. The molecule has 54 heavy (non-hydrogen) atoms. The standard InChI is InChI=1S/C53H41N/c1-36-33-40-15-5-6-16-41(40)35-53(36)54(44-30-25-39(26-31-44)46-18-8-7-17-45(46)38-13-3-2-4-14-38)43-28-23-37(24-29-43)42-27-32-51-49-21-10-9-19-47(49)48-20-11-12-22-50(48)52(51)34-42/h2-4,7-14,17-35H,5-6,15-16H2,1H3. The molecular weight excluding hydrogens is 651 g/mol. The Hall–Kier alpha value is -6.44. The van der Waals surface area contributed by atoms with E-state index in [9.17, 15) is 0 Å². The molecule has 0 aliphatic heterocycles. The van der Waals surface area contributed by atoms with Crippen LogP contribution in [0.25, 0.3) is 65.7 Å². The minimum absolute atomic E-state index is 1.15. The third-order valence-corrected chi connectivity index (χ3v) is 11.6. The van der Waals surface area contributed by atoms with Gasteiger partial charge in [-0.2, -0.15) is 0 Å². The first-order chi connectivity index (χ1) is 26.7. The molecule has 0 saturated carbocycles. The lowest BCUT2D eigenvalue weighted by Gasteiger charge is -2.29. The summed E-state index contributed by atoms with van der Waals surface area (Å²) in [4.78, 5) is 2.46. The molecule has 0 aromatic heterocycles. The van der Waals surface area contributed by atoms with Crippen molar-refractivity contribution in [3.05, 3.63) is 199 Å². The SMILES string of the molecule is Cc1cc2c(cc1N(c1ccc(-c3ccc4c5ccccc5c5ccccc5c4c3)cc1)c1ccc(-c3ccccc3-c3ccccc3)cc1)CCCC2. The molecule has 0 radical (unpaired) electrons. The number of aryl methyl sites for hydroxylation is 3. The number of hydrogen-bond acceptors (Lipinski definition) is 1. The van der Waals surface area contributed by atoms with Crippen molar-refractivity contribution in [2.24, 2.45) is 0 Å². The van der Waals surface area contributed by atoms with Crippen LogP contribution in [0.4, 0.5) is 17.1 Å². The predicted molar refractivity (Wildman–Crippen MR) is 231 cm³/mol. The highest BCUT2D eigenvalue weighted by Crippen LogP contribution is 2.42. The highest BCUT2D eigenvalue weighted by atomic mass is 15.1. The summed E-state index contributed by atoms with van der Waals surface area (Å²) in [6.07, 6.45) is 4.87. The molecule has 0 bridgehead atoms. The Bertz CT molecular complexity index is 2780. The van der Waals surface area contributed by atoms with Gasteiger partial charge in [-0.05, 0) is 151 Å². The molecule has 0 fully saturated rings. The molecular formula is C53H41N. The van der Waals surface area contributed by atoms with E-state index >= 15 is 0 Å². The van der Waals surface area contributed by atoms with Crippen molar-refractivity contribution in [2.75, 3.05) is 4.90 Å². The second-order valence-electron chi connectivity index (χ2n) is 14.8. The van der Waals surface area contributed by atoms with Gasteiger partial charge in [-0.3, -0.25) is 0 Å². The molecule has 1 nitrogen and oxygen atoms in total. The quantitative estimate of drug-likeness (QED) is 0.157. The monoisotopic (exact) mass is 691 g/mol. The topological polar surface area (TPSA) is 3.24 Å². The number of fused-ring (bicyclic) bond motifs is 7. The van der Waals surface area contributed by atoms with Gasteiger partial charge in [0.2, 0.25) is 0 Å². The van der Waals surface area contributed by atoms with Crippen LogP contribution in [0.3, 0.4) is 0 Å². The van der Waals surface area contributed by atoms with Crippen LogP contribution in [0, 0.1) is 6.92 Å². The normalized spacial score (nSPS) is 12.6. The number of hydrogen-bond donors (Lipinski definition) is 0. The lowest BCUT2D eigenvalue weighted by molar-refractivity contribution is 0.685. The van der Waals surface area contributed by atoms with Gasteiger partial charge in [0, 0.05) is 17.1 Å². The summed E-state index contributed by atoms with van der Waals surface area (Å²) in [5, 5.41) is 7.81. The summed E-state index contributed by atoms with van der Waals surface area (Å²) in [5.41, 5.74) is 15.3. The molecule has 0 heterocycles. The Kier molecular flexibility index (Phi) is 8.07. The van der Waals surface area contributed by atoms with E-state index in [1.54, 1.807) is 0 Å². The number of nitrogens with zero attached hydrogens (tertiary/aromatic N) is 1. The van der Waals surface area contributed by atoms with E-state index in [1.165, 1.54) is 107 Å². The van der Waals surface area contributed by atoms with E-state index in [0.29, 0.717) is 0 Å². The zero-order valence-corrected chi connectivity index (χ0v) is 30.6. The van der Waals surface area contributed by atoms with Crippen LogP contribution >= 0.6 is 0 Å². The number of benzene rings is 9.